The molecule has 0 fully saturated rings. The third kappa shape index (κ3) is 0.998. The summed E-state index contributed by atoms with van der Waals surface area (Å²) in [4.78, 5) is 11.3. The number of carbonyl (C=O) groups excluding carboxylic acids is 1. The normalized spacial score (nSPS) is 20.7. The van der Waals surface area contributed by atoms with Crippen molar-refractivity contribution >= 4 is 5.97 Å². The second-order valence-corrected chi connectivity index (χ2v) is 3.20. The van der Waals surface area contributed by atoms with Gasteiger partial charge in [0.15, 0.2) is 0 Å². The number of esters is 1. The lowest BCUT2D eigenvalue weighted by molar-refractivity contribution is -0.143. The summed E-state index contributed by atoms with van der Waals surface area (Å²) >= 11 is 0. The van der Waals surface area contributed by atoms with E-state index in [4.69, 9.17) is 4.74 Å². The highest BCUT2D eigenvalue weighted by molar-refractivity contribution is 5.85. The number of cyclic esters (lactones) is 1. The highest BCUT2D eigenvalue weighted by Crippen LogP contribution is 2.38. The molecule has 0 aromatic carbocycles. The Morgan fingerprint density at radius 2 is 1.92 bits per heavy atom. The van der Waals surface area contributed by atoms with Gasteiger partial charge >= 0.3 is 5.97 Å². The van der Waals surface area contributed by atoms with E-state index in [2.05, 4.69) is 13.2 Å². The number of hydrogen-bond acceptors (Lipinski definition) is 2. The Balaban J connectivity index is 3.22. The van der Waals surface area contributed by atoms with Crippen LogP contribution in [0.5, 0.6) is 0 Å². The number of ether oxygens (including phenoxy) is 1. The van der Waals surface area contributed by atoms with Gasteiger partial charge in [-0.3, -0.25) is 4.79 Å². The Morgan fingerprint density at radius 1 is 1.33 bits per heavy atom. The summed E-state index contributed by atoms with van der Waals surface area (Å²) in [7, 11) is 0. The summed E-state index contributed by atoms with van der Waals surface area (Å²) in [6.45, 7) is 10.8. The summed E-state index contributed by atoms with van der Waals surface area (Å²) in [5.74, 6) is 0.285. The van der Waals surface area contributed by atoms with E-state index in [-0.39, 0.29) is 5.97 Å². The molecule has 0 atom stereocenters. The molecule has 0 aliphatic carbocycles. The van der Waals surface area contributed by atoms with Crippen molar-refractivity contribution < 1.29 is 9.53 Å². The minimum Gasteiger partial charge on any atom is -0.426 e. The summed E-state index contributed by atoms with van der Waals surface area (Å²) in [5, 5.41) is 0. The first-order valence-corrected chi connectivity index (χ1v) is 3.76. The highest BCUT2D eigenvalue weighted by atomic mass is 16.5. The fraction of sp³-hybridized carbons (Fsp3) is 0.300. The van der Waals surface area contributed by atoms with Gasteiger partial charge in [0.2, 0.25) is 0 Å². The molecule has 0 radical (unpaired) electrons. The zero-order valence-electron chi connectivity index (χ0n) is 7.39. The van der Waals surface area contributed by atoms with E-state index < -0.39 is 5.41 Å². The maximum Gasteiger partial charge on any atom is 0.321 e. The maximum atomic E-state index is 11.3. The quantitative estimate of drug-likeness (QED) is 0.585. The molecule has 0 unspecified atom stereocenters. The Morgan fingerprint density at radius 3 is 2.25 bits per heavy atom. The van der Waals surface area contributed by atoms with Gasteiger partial charge in [-0.05, 0) is 19.9 Å². The molecule has 0 bridgehead atoms. The summed E-state index contributed by atoms with van der Waals surface area (Å²) in [5.41, 5.74) is 0.230. The second-order valence-electron chi connectivity index (χ2n) is 3.20. The van der Waals surface area contributed by atoms with Crippen molar-refractivity contribution in [2.75, 3.05) is 0 Å². The Kier molecular flexibility index (Phi) is 1.92. The van der Waals surface area contributed by atoms with Crippen LogP contribution >= 0.6 is 0 Å². The Bertz CT molecular complexity index is 282. The molecular formula is C10H12O2. The van der Waals surface area contributed by atoms with Gasteiger partial charge in [-0.15, -0.1) is 0 Å². The van der Waals surface area contributed by atoms with Gasteiger partial charge in [0.05, 0.1) is 5.41 Å². The maximum absolute atomic E-state index is 11.3. The molecule has 0 amide bonds. The average molecular weight is 164 g/mol. The molecular weight excluding hydrogens is 152 g/mol. The lowest BCUT2D eigenvalue weighted by Gasteiger charge is -2.13. The molecule has 0 aromatic rings. The van der Waals surface area contributed by atoms with Crippen molar-refractivity contribution in [3.05, 3.63) is 36.6 Å². The van der Waals surface area contributed by atoms with Crippen LogP contribution < -0.4 is 0 Å². The van der Waals surface area contributed by atoms with Crippen LogP contribution in [0.15, 0.2) is 36.6 Å². The van der Waals surface area contributed by atoms with Crippen LogP contribution in [-0.4, -0.2) is 5.97 Å². The zero-order chi connectivity index (χ0) is 9.35. The monoisotopic (exact) mass is 164 g/mol. The molecule has 0 spiro atoms. The summed E-state index contributed by atoms with van der Waals surface area (Å²) in [6.07, 6.45) is 3.17. The van der Waals surface area contributed by atoms with Crippen molar-refractivity contribution in [3.8, 4) is 0 Å². The fourth-order valence-electron chi connectivity index (χ4n) is 1.21. The van der Waals surface area contributed by atoms with E-state index >= 15 is 0 Å². The molecule has 2 heteroatoms. The van der Waals surface area contributed by atoms with Gasteiger partial charge in [0.25, 0.3) is 0 Å². The minimum atomic E-state index is -0.578. The first kappa shape index (κ1) is 8.78. The largest absolute Gasteiger partial charge is 0.426 e. The van der Waals surface area contributed by atoms with E-state index in [1.165, 1.54) is 6.08 Å². The first-order chi connectivity index (χ1) is 5.54. The van der Waals surface area contributed by atoms with Gasteiger partial charge < -0.3 is 4.74 Å². The minimum absolute atomic E-state index is 0.243. The van der Waals surface area contributed by atoms with E-state index in [0.29, 0.717) is 5.76 Å². The van der Waals surface area contributed by atoms with Crippen LogP contribution in [0.4, 0.5) is 0 Å². The lowest BCUT2D eigenvalue weighted by Crippen LogP contribution is -2.20. The summed E-state index contributed by atoms with van der Waals surface area (Å²) < 4.78 is 4.98. The second kappa shape index (κ2) is 2.63. The Hall–Kier alpha value is -1.31. The molecule has 0 saturated carbocycles. The SMILES string of the molecule is C=CC1=C(C=C)C(C)(C)C(=O)O1. The Labute approximate surface area is 72.2 Å². The van der Waals surface area contributed by atoms with Gasteiger partial charge in [-0.25, -0.2) is 0 Å². The van der Waals surface area contributed by atoms with Crippen molar-refractivity contribution in [2.45, 2.75) is 13.8 Å². The molecule has 1 rings (SSSR count). The average Bonchev–Trinajstić information content (AvgIpc) is 2.23. The van der Waals surface area contributed by atoms with Gasteiger partial charge in [-0.1, -0.05) is 19.2 Å². The molecule has 0 N–H and O–H groups in total. The third-order valence-electron chi connectivity index (χ3n) is 2.04. The van der Waals surface area contributed by atoms with E-state index in [0.717, 1.165) is 5.57 Å². The highest BCUT2D eigenvalue weighted by Gasteiger charge is 2.40. The lowest BCUT2D eigenvalue weighted by atomic mass is 9.85. The molecule has 1 heterocycles. The molecule has 0 aromatic heterocycles. The van der Waals surface area contributed by atoms with Crippen molar-refractivity contribution in [1.82, 2.24) is 0 Å². The van der Waals surface area contributed by atoms with Crippen molar-refractivity contribution in [3.63, 3.8) is 0 Å². The van der Waals surface area contributed by atoms with Crippen LogP contribution in [0.1, 0.15) is 13.8 Å². The molecule has 1 aliphatic rings. The van der Waals surface area contributed by atoms with E-state index in [1.54, 1.807) is 6.08 Å². The number of carbonyl (C=O) groups is 1. The van der Waals surface area contributed by atoms with Gasteiger partial charge in [0, 0.05) is 5.57 Å². The van der Waals surface area contributed by atoms with Crippen molar-refractivity contribution in [2.24, 2.45) is 5.41 Å². The van der Waals surface area contributed by atoms with Crippen molar-refractivity contribution in [1.29, 1.82) is 0 Å². The number of allylic oxidation sites excluding steroid dienone is 2. The van der Waals surface area contributed by atoms with Gasteiger partial charge in [0.1, 0.15) is 5.76 Å². The summed E-state index contributed by atoms with van der Waals surface area (Å²) in [6, 6.07) is 0. The predicted molar refractivity (Wildman–Crippen MR) is 47.3 cm³/mol. The molecule has 12 heavy (non-hydrogen) atoms. The predicted octanol–water partition coefficient (Wildman–Crippen LogP) is 2.20. The van der Waals surface area contributed by atoms with E-state index in [1.807, 2.05) is 13.8 Å². The zero-order valence-corrected chi connectivity index (χ0v) is 7.39. The molecule has 2 nitrogen and oxygen atoms in total. The first-order valence-electron chi connectivity index (χ1n) is 3.76. The standard InChI is InChI=1S/C10H12O2/c1-5-7-8(6-2)12-9(11)10(7,3)4/h5-6H,1-2H2,3-4H3. The molecule has 1 aliphatic heterocycles. The van der Waals surface area contributed by atoms with Crippen LogP contribution in [0.25, 0.3) is 0 Å². The van der Waals surface area contributed by atoms with Crippen LogP contribution in [0, 0.1) is 5.41 Å². The molecule has 0 saturated heterocycles. The van der Waals surface area contributed by atoms with Crippen LogP contribution in [0.3, 0.4) is 0 Å². The van der Waals surface area contributed by atoms with Gasteiger partial charge in [-0.2, -0.15) is 0 Å². The van der Waals surface area contributed by atoms with E-state index in [9.17, 15) is 4.79 Å². The topological polar surface area (TPSA) is 26.3 Å². The van der Waals surface area contributed by atoms with Crippen LogP contribution in [0.2, 0.25) is 0 Å². The third-order valence-corrected chi connectivity index (χ3v) is 2.04. The number of rotatable bonds is 2. The molecule has 64 valence electrons. The smallest absolute Gasteiger partial charge is 0.321 e. The fourth-order valence-corrected chi connectivity index (χ4v) is 1.21. The van der Waals surface area contributed by atoms with Crippen LogP contribution in [-0.2, 0) is 9.53 Å². The number of hydrogen-bond donors (Lipinski definition) is 0.